The van der Waals surface area contributed by atoms with Gasteiger partial charge in [0.15, 0.2) is 5.58 Å². The topological polar surface area (TPSA) is 26.0 Å². The van der Waals surface area contributed by atoms with Crippen molar-refractivity contribution in [2.75, 3.05) is 0 Å². The van der Waals surface area contributed by atoms with Crippen LogP contribution in [0.3, 0.4) is 0 Å². The molecule has 0 aliphatic carbocycles. The largest absolute Gasteiger partial charge is 0.356 e. The third-order valence-corrected chi connectivity index (χ3v) is 2.21. The minimum absolute atomic E-state index is 0.144. The molecule has 0 unspecified atom stereocenters. The number of fused-ring (bicyclic) bond motifs is 1. The predicted molar refractivity (Wildman–Crippen MR) is 64.1 cm³/mol. The molecular formula is C13H19NO. The van der Waals surface area contributed by atoms with Crippen molar-refractivity contribution >= 4 is 11.0 Å². The van der Waals surface area contributed by atoms with Gasteiger partial charge in [0.25, 0.3) is 0 Å². The Morgan fingerprint density at radius 2 is 1.80 bits per heavy atom. The molecular weight excluding hydrogens is 186 g/mol. The van der Waals surface area contributed by atoms with E-state index in [2.05, 4.69) is 32.0 Å². The van der Waals surface area contributed by atoms with Crippen molar-refractivity contribution in [3.05, 3.63) is 30.0 Å². The van der Waals surface area contributed by atoms with Gasteiger partial charge in [-0.15, -0.1) is 0 Å². The monoisotopic (exact) mass is 205 g/mol. The molecule has 0 spiro atoms. The summed E-state index contributed by atoms with van der Waals surface area (Å²) in [6, 6.07) is 6.07. The van der Waals surface area contributed by atoms with Crippen LogP contribution in [0.25, 0.3) is 11.0 Å². The summed E-state index contributed by atoms with van der Waals surface area (Å²) < 4.78 is 5.10. The molecule has 0 fully saturated rings. The van der Waals surface area contributed by atoms with Gasteiger partial charge in [0, 0.05) is 5.39 Å². The lowest BCUT2D eigenvalue weighted by molar-refractivity contribution is 0.456. The average molecular weight is 205 g/mol. The highest BCUT2D eigenvalue weighted by Crippen LogP contribution is 2.29. The molecule has 0 saturated carbocycles. The maximum Gasteiger partial charge on any atom is 0.167 e. The number of hydrogen-bond donors (Lipinski definition) is 0. The zero-order chi connectivity index (χ0) is 11.5. The maximum absolute atomic E-state index is 5.10. The molecule has 15 heavy (non-hydrogen) atoms. The highest BCUT2D eigenvalue weighted by molar-refractivity contribution is 5.80. The quantitative estimate of drug-likeness (QED) is 0.645. The van der Waals surface area contributed by atoms with E-state index < -0.39 is 0 Å². The average Bonchev–Trinajstić information content (AvgIpc) is 2.66. The first kappa shape index (κ1) is 11.8. The van der Waals surface area contributed by atoms with E-state index in [-0.39, 0.29) is 5.41 Å². The van der Waals surface area contributed by atoms with Crippen LogP contribution >= 0.6 is 0 Å². The zero-order valence-corrected chi connectivity index (χ0v) is 10.2. The van der Waals surface area contributed by atoms with Crippen molar-refractivity contribution in [3.8, 4) is 0 Å². The maximum atomic E-state index is 5.10. The molecule has 1 aromatic heterocycles. The molecule has 0 saturated heterocycles. The Bertz CT molecular complexity index is 423. The summed E-state index contributed by atoms with van der Waals surface area (Å²) in [5.41, 5.74) is 2.30. The highest BCUT2D eigenvalue weighted by Gasteiger charge is 2.17. The molecule has 0 atom stereocenters. The van der Waals surface area contributed by atoms with Crippen molar-refractivity contribution in [3.63, 3.8) is 0 Å². The fourth-order valence-corrected chi connectivity index (χ4v) is 1.55. The first-order valence-corrected chi connectivity index (χ1v) is 5.43. The summed E-state index contributed by atoms with van der Waals surface area (Å²) in [5.74, 6) is 0. The van der Waals surface area contributed by atoms with Gasteiger partial charge >= 0.3 is 0 Å². The van der Waals surface area contributed by atoms with Crippen LogP contribution in [-0.2, 0) is 5.41 Å². The standard InChI is InChI=1S/C11H13NO.C2H6/c1-11(2,3)9-5-4-6-10-8(9)7-12-13-10;1-2/h4-7H,1-3H3;1-2H3. The fourth-order valence-electron chi connectivity index (χ4n) is 1.55. The van der Waals surface area contributed by atoms with Crippen LogP contribution in [0.2, 0.25) is 0 Å². The van der Waals surface area contributed by atoms with Crippen molar-refractivity contribution in [2.45, 2.75) is 40.0 Å². The van der Waals surface area contributed by atoms with Crippen LogP contribution in [0.15, 0.2) is 28.9 Å². The summed E-state index contributed by atoms with van der Waals surface area (Å²) in [6.07, 6.45) is 1.79. The zero-order valence-electron chi connectivity index (χ0n) is 10.2. The van der Waals surface area contributed by atoms with Gasteiger partial charge in [-0.25, -0.2) is 0 Å². The van der Waals surface area contributed by atoms with E-state index in [4.69, 9.17) is 4.52 Å². The molecule has 0 amide bonds. The van der Waals surface area contributed by atoms with Gasteiger partial charge in [-0.05, 0) is 17.0 Å². The van der Waals surface area contributed by atoms with Crippen LogP contribution in [0.5, 0.6) is 0 Å². The molecule has 0 bridgehead atoms. The first-order chi connectivity index (χ1) is 7.09. The van der Waals surface area contributed by atoms with E-state index in [1.807, 2.05) is 26.0 Å². The second-order valence-corrected chi connectivity index (χ2v) is 4.29. The highest BCUT2D eigenvalue weighted by atomic mass is 16.5. The fraction of sp³-hybridized carbons (Fsp3) is 0.462. The molecule has 2 heteroatoms. The summed E-state index contributed by atoms with van der Waals surface area (Å²) in [5, 5.41) is 4.92. The van der Waals surface area contributed by atoms with E-state index in [9.17, 15) is 0 Å². The molecule has 0 radical (unpaired) electrons. The van der Waals surface area contributed by atoms with Crippen LogP contribution in [0.4, 0.5) is 0 Å². The molecule has 1 heterocycles. The Labute approximate surface area is 91.3 Å². The van der Waals surface area contributed by atoms with E-state index >= 15 is 0 Å². The molecule has 0 aliphatic heterocycles. The minimum Gasteiger partial charge on any atom is -0.356 e. The number of aromatic nitrogens is 1. The van der Waals surface area contributed by atoms with Gasteiger partial charge in [0.2, 0.25) is 0 Å². The Morgan fingerprint density at radius 3 is 2.40 bits per heavy atom. The van der Waals surface area contributed by atoms with E-state index in [0.717, 1.165) is 11.0 Å². The van der Waals surface area contributed by atoms with Crippen LogP contribution in [0.1, 0.15) is 40.2 Å². The summed E-state index contributed by atoms with van der Waals surface area (Å²) in [4.78, 5) is 0. The number of rotatable bonds is 0. The van der Waals surface area contributed by atoms with E-state index in [1.165, 1.54) is 5.56 Å². The lowest BCUT2D eigenvalue weighted by Crippen LogP contribution is -2.10. The molecule has 0 N–H and O–H groups in total. The smallest absolute Gasteiger partial charge is 0.167 e. The number of benzene rings is 1. The van der Waals surface area contributed by atoms with Gasteiger partial charge in [0.1, 0.15) is 0 Å². The van der Waals surface area contributed by atoms with Crippen molar-refractivity contribution in [1.29, 1.82) is 0 Å². The lowest BCUT2D eigenvalue weighted by atomic mass is 9.85. The third kappa shape index (κ3) is 2.38. The molecule has 2 rings (SSSR count). The molecule has 1 aromatic carbocycles. The SMILES string of the molecule is CC.CC(C)(C)c1cccc2oncc12. The van der Waals surface area contributed by atoms with E-state index in [0.29, 0.717) is 0 Å². The Morgan fingerprint density at radius 1 is 1.13 bits per heavy atom. The second-order valence-electron chi connectivity index (χ2n) is 4.29. The van der Waals surface area contributed by atoms with Gasteiger partial charge in [-0.2, -0.15) is 0 Å². The number of nitrogens with zero attached hydrogens (tertiary/aromatic N) is 1. The Hall–Kier alpha value is -1.31. The van der Waals surface area contributed by atoms with Gasteiger partial charge in [-0.3, -0.25) is 0 Å². The van der Waals surface area contributed by atoms with E-state index in [1.54, 1.807) is 6.20 Å². The van der Waals surface area contributed by atoms with Crippen molar-refractivity contribution < 1.29 is 4.52 Å². The molecule has 2 aromatic rings. The predicted octanol–water partition coefficient (Wildman–Crippen LogP) is 4.15. The normalized spacial score (nSPS) is 11.0. The lowest BCUT2D eigenvalue weighted by Gasteiger charge is -2.19. The summed E-state index contributed by atoms with van der Waals surface area (Å²) in [7, 11) is 0. The van der Waals surface area contributed by atoms with Crippen LogP contribution < -0.4 is 0 Å². The van der Waals surface area contributed by atoms with Gasteiger partial charge in [0.05, 0.1) is 6.20 Å². The third-order valence-electron chi connectivity index (χ3n) is 2.21. The van der Waals surface area contributed by atoms with Crippen LogP contribution in [0, 0.1) is 0 Å². The van der Waals surface area contributed by atoms with Crippen molar-refractivity contribution in [1.82, 2.24) is 5.16 Å². The molecule has 82 valence electrons. The van der Waals surface area contributed by atoms with Gasteiger partial charge < -0.3 is 4.52 Å². The number of hydrogen-bond acceptors (Lipinski definition) is 2. The molecule has 2 nitrogen and oxygen atoms in total. The Balaban J connectivity index is 0.000000531. The first-order valence-electron chi connectivity index (χ1n) is 5.43. The second kappa shape index (κ2) is 4.47. The minimum atomic E-state index is 0.144. The van der Waals surface area contributed by atoms with Crippen LogP contribution in [-0.4, -0.2) is 5.16 Å². The van der Waals surface area contributed by atoms with Gasteiger partial charge in [-0.1, -0.05) is 51.9 Å². The van der Waals surface area contributed by atoms with Crippen molar-refractivity contribution in [2.24, 2.45) is 0 Å². The summed E-state index contributed by atoms with van der Waals surface area (Å²) >= 11 is 0. The summed E-state index contributed by atoms with van der Waals surface area (Å²) in [6.45, 7) is 10.6. The Kier molecular flexibility index (Phi) is 3.51. The molecule has 0 aliphatic rings.